The van der Waals surface area contributed by atoms with E-state index in [2.05, 4.69) is 27.9 Å². The summed E-state index contributed by atoms with van der Waals surface area (Å²) in [4.78, 5) is 21.6. The molecule has 3 rings (SSSR count). The fraction of sp³-hybridized carbons (Fsp3) is 0.300. The van der Waals surface area contributed by atoms with Gasteiger partial charge < -0.3 is 4.90 Å². The number of pyridine rings is 1. The van der Waals surface area contributed by atoms with Crippen molar-refractivity contribution in [2.75, 3.05) is 33.2 Å². The van der Waals surface area contributed by atoms with E-state index in [1.54, 1.807) is 18.3 Å². The van der Waals surface area contributed by atoms with E-state index in [-0.39, 0.29) is 5.78 Å². The number of carbonyl (C=O) groups excluding carboxylic acids is 1. The molecule has 1 fully saturated rings. The van der Waals surface area contributed by atoms with Crippen molar-refractivity contribution < 1.29 is 4.79 Å². The zero-order chi connectivity index (χ0) is 16.8. The molecule has 2 aromatic rings. The Labute approximate surface area is 143 Å². The normalized spacial score (nSPS) is 16.5. The number of carbonyl (C=O) groups is 1. The second-order valence-corrected chi connectivity index (χ2v) is 6.19. The van der Waals surface area contributed by atoms with Gasteiger partial charge in [0.1, 0.15) is 0 Å². The molecule has 0 unspecified atom stereocenters. The Morgan fingerprint density at radius 3 is 2.58 bits per heavy atom. The van der Waals surface area contributed by atoms with Gasteiger partial charge in [-0.25, -0.2) is 0 Å². The van der Waals surface area contributed by atoms with Crippen LogP contribution in [0.3, 0.4) is 0 Å². The second kappa shape index (κ2) is 7.99. The van der Waals surface area contributed by atoms with Crippen LogP contribution in [0, 0.1) is 0 Å². The Morgan fingerprint density at radius 1 is 1.08 bits per heavy atom. The third-order valence-electron chi connectivity index (χ3n) is 4.37. The lowest BCUT2D eigenvalue weighted by Gasteiger charge is -2.32. The fourth-order valence-corrected chi connectivity index (χ4v) is 2.87. The quantitative estimate of drug-likeness (QED) is 0.627. The lowest BCUT2D eigenvalue weighted by Crippen LogP contribution is -2.44. The molecule has 1 aromatic heterocycles. The van der Waals surface area contributed by atoms with E-state index in [4.69, 9.17) is 0 Å². The van der Waals surface area contributed by atoms with Crippen LogP contribution in [0.4, 0.5) is 0 Å². The van der Waals surface area contributed by atoms with Crippen molar-refractivity contribution in [1.82, 2.24) is 14.8 Å². The standard InChI is InChI=1S/C20H23N3O/c1-22-12-14-23(15-13-22)16-17-6-2-3-8-19(17)20(24)10-9-18-7-4-5-11-21-18/h2-11H,12-16H2,1H3. The number of nitrogens with zero attached hydrogens (tertiary/aromatic N) is 3. The van der Waals surface area contributed by atoms with Crippen LogP contribution in [0.15, 0.2) is 54.7 Å². The lowest BCUT2D eigenvalue weighted by molar-refractivity contribution is 0.104. The highest BCUT2D eigenvalue weighted by Crippen LogP contribution is 2.15. The van der Waals surface area contributed by atoms with Crippen molar-refractivity contribution in [3.8, 4) is 0 Å². The van der Waals surface area contributed by atoms with Crippen LogP contribution in [-0.2, 0) is 6.54 Å². The Kier molecular flexibility index (Phi) is 5.51. The number of piperazine rings is 1. The number of ketones is 1. The van der Waals surface area contributed by atoms with Gasteiger partial charge in [0.15, 0.2) is 5.78 Å². The van der Waals surface area contributed by atoms with Gasteiger partial charge in [0.25, 0.3) is 0 Å². The monoisotopic (exact) mass is 321 g/mol. The highest BCUT2D eigenvalue weighted by atomic mass is 16.1. The molecule has 4 nitrogen and oxygen atoms in total. The van der Waals surface area contributed by atoms with Crippen molar-refractivity contribution in [3.63, 3.8) is 0 Å². The number of hydrogen-bond acceptors (Lipinski definition) is 4. The molecule has 4 heteroatoms. The van der Waals surface area contributed by atoms with Crippen LogP contribution in [-0.4, -0.2) is 53.8 Å². The van der Waals surface area contributed by atoms with Crippen LogP contribution in [0.1, 0.15) is 21.6 Å². The summed E-state index contributed by atoms with van der Waals surface area (Å²) in [7, 11) is 2.15. The van der Waals surface area contributed by atoms with Gasteiger partial charge >= 0.3 is 0 Å². The summed E-state index contributed by atoms with van der Waals surface area (Å²) in [6.45, 7) is 5.07. The smallest absolute Gasteiger partial charge is 0.186 e. The molecule has 2 heterocycles. The molecule has 0 spiro atoms. The van der Waals surface area contributed by atoms with E-state index >= 15 is 0 Å². The van der Waals surface area contributed by atoms with Gasteiger partial charge in [0.05, 0.1) is 5.69 Å². The maximum Gasteiger partial charge on any atom is 0.186 e. The average molecular weight is 321 g/mol. The van der Waals surface area contributed by atoms with Crippen LogP contribution in [0.2, 0.25) is 0 Å². The Morgan fingerprint density at radius 2 is 1.83 bits per heavy atom. The summed E-state index contributed by atoms with van der Waals surface area (Å²) in [5.41, 5.74) is 2.67. The van der Waals surface area contributed by atoms with Gasteiger partial charge in [0, 0.05) is 44.5 Å². The molecule has 124 valence electrons. The van der Waals surface area contributed by atoms with Crippen molar-refractivity contribution in [3.05, 3.63) is 71.6 Å². The number of likely N-dealkylation sites (N-methyl/N-ethyl adjacent to an activating group) is 1. The van der Waals surface area contributed by atoms with Crippen molar-refractivity contribution in [2.45, 2.75) is 6.54 Å². The summed E-state index contributed by atoms with van der Waals surface area (Å²) in [5.74, 6) is 0.0328. The number of benzene rings is 1. The lowest BCUT2D eigenvalue weighted by atomic mass is 10.0. The number of hydrogen-bond donors (Lipinski definition) is 0. The van der Waals surface area contributed by atoms with E-state index in [9.17, 15) is 4.79 Å². The fourth-order valence-electron chi connectivity index (χ4n) is 2.87. The SMILES string of the molecule is CN1CCN(Cc2ccccc2C(=O)C=Cc2ccccn2)CC1. The molecule has 1 saturated heterocycles. The van der Waals surface area contributed by atoms with Gasteiger partial charge in [0.2, 0.25) is 0 Å². The number of aromatic nitrogens is 1. The third-order valence-corrected chi connectivity index (χ3v) is 4.37. The first-order chi connectivity index (χ1) is 11.7. The average Bonchev–Trinajstić information content (AvgIpc) is 2.63. The van der Waals surface area contributed by atoms with E-state index in [1.807, 2.05) is 36.4 Å². The van der Waals surface area contributed by atoms with Gasteiger partial charge in [-0.05, 0) is 36.9 Å². The number of allylic oxidation sites excluding steroid dienone is 1. The predicted octanol–water partition coefficient (Wildman–Crippen LogP) is 2.73. The van der Waals surface area contributed by atoms with Gasteiger partial charge in [-0.2, -0.15) is 0 Å². The number of rotatable bonds is 5. The topological polar surface area (TPSA) is 36.4 Å². The van der Waals surface area contributed by atoms with E-state index in [0.29, 0.717) is 0 Å². The zero-order valence-corrected chi connectivity index (χ0v) is 14.1. The van der Waals surface area contributed by atoms with Crippen LogP contribution < -0.4 is 0 Å². The van der Waals surface area contributed by atoms with Gasteiger partial charge in [-0.3, -0.25) is 14.7 Å². The summed E-state index contributed by atoms with van der Waals surface area (Å²) in [5, 5.41) is 0. The molecular formula is C20H23N3O. The maximum atomic E-state index is 12.6. The van der Waals surface area contributed by atoms with Crippen LogP contribution >= 0.6 is 0 Å². The molecule has 1 aliphatic heterocycles. The highest BCUT2D eigenvalue weighted by molar-refractivity contribution is 6.07. The molecule has 0 atom stereocenters. The highest BCUT2D eigenvalue weighted by Gasteiger charge is 2.16. The third kappa shape index (κ3) is 4.37. The summed E-state index contributed by atoms with van der Waals surface area (Å²) >= 11 is 0. The zero-order valence-electron chi connectivity index (χ0n) is 14.1. The van der Waals surface area contributed by atoms with Crippen molar-refractivity contribution in [2.24, 2.45) is 0 Å². The Hall–Kier alpha value is -2.30. The van der Waals surface area contributed by atoms with Gasteiger partial charge in [-0.1, -0.05) is 30.3 Å². The minimum absolute atomic E-state index is 0.0328. The first-order valence-corrected chi connectivity index (χ1v) is 8.34. The molecule has 0 bridgehead atoms. The molecule has 1 aliphatic rings. The molecule has 0 aliphatic carbocycles. The molecule has 0 N–H and O–H groups in total. The summed E-state index contributed by atoms with van der Waals surface area (Å²) in [6, 6.07) is 13.6. The van der Waals surface area contributed by atoms with Gasteiger partial charge in [-0.15, -0.1) is 0 Å². The second-order valence-electron chi connectivity index (χ2n) is 6.19. The molecule has 1 aromatic carbocycles. The van der Waals surface area contributed by atoms with E-state index in [1.165, 1.54) is 0 Å². The van der Waals surface area contributed by atoms with E-state index in [0.717, 1.165) is 49.5 Å². The maximum absolute atomic E-state index is 12.6. The van der Waals surface area contributed by atoms with Crippen LogP contribution in [0.25, 0.3) is 6.08 Å². The first-order valence-electron chi connectivity index (χ1n) is 8.34. The molecule has 0 saturated carbocycles. The minimum atomic E-state index is 0.0328. The molecule has 24 heavy (non-hydrogen) atoms. The summed E-state index contributed by atoms with van der Waals surface area (Å²) < 4.78 is 0. The van der Waals surface area contributed by atoms with Crippen LogP contribution in [0.5, 0.6) is 0 Å². The van der Waals surface area contributed by atoms with E-state index < -0.39 is 0 Å². The van der Waals surface area contributed by atoms with Crippen molar-refractivity contribution in [1.29, 1.82) is 0 Å². The molecule has 0 amide bonds. The van der Waals surface area contributed by atoms with Crippen molar-refractivity contribution >= 4 is 11.9 Å². The predicted molar refractivity (Wildman–Crippen MR) is 96.8 cm³/mol. The first kappa shape index (κ1) is 16.6. The molecular weight excluding hydrogens is 298 g/mol. The Bertz CT molecular complexity index is 704. The largest absolute Gasteiger partial charge is 0.304 e. The minimum Gasteiger partial charge on any atom is -0.304 e. The molecule has 0 radical (unpaired) electrons. The Balaban J connectivity index is 1.71. The summed E-state index contributed by atoms with van der Waals surface area (Å²) in [6.07, 6.45) is 5.12.